The van der Waals surface area contributed by atoms with E-state index < -0.39 is 0 Å². The molecule has 4 rings (SSSR count). The van der Waals surface area contributed by atoms with E-state index in [2.05, 4.69) is 27.5 Å². The fourth-order valence-corrected chi connectivity index (χ4v) is 4.28. The van der Waals surface area contributed by atoms with Crippen molar-refractivity contribution in [2.24, 2.45) is 0 Å². The molecular weight excluding hydrogens is 394 g/mol. The lowest BCUT2D eigenvalue weighted by atomic mass is 9.85. The summed E-state index contributed by atoms with van der Waals surface area (Å²) in [6.07, 6.45) is 9.33. The molecule has 0 amide bonds. The van der Waals surface area contributed by atoms with Crippen molar-refractivity contribution in [2.45, 2.75) is 63.6 Å². The summed E-state index contributed by atoms with van der Waals surface area (Å²) in [6.45, 7) is 3.16. The zero-order valence-electron chi connectivity index (χ0n) is 18.0. The van der Waals surface area contributed by atoms with Gasteiger partial charge in [0.05, 0.1) is 49.7 Å². The highest BCUT2D eigenvalue weighted by molar-refractivity contribution is 5.81. The normalized spacial score (nSPS) is 19.9. The summed E-state index contributed by atoms with van der Waals surface area (Å²) in [7, 11) is 1.67. The van der Waals surface area contributed by atoms with Crippen LogP contribution in [0.25, 0.3) is 16.6 Å². The summed E-state index contributed by atoms with van der Waals surface area (Å²) in [5.41, 5.74) is 4.06. The summed E-state index contributed by atoms with van der Waals surface area (Å²) in [5.74, 6) is 0.887. The van der Waals surface area contributed by atoms with Gasteiger partial charge in [-0.25, -0.2) is 9.50 Å². The summed E-state index contributed by atoms with van der Waals surface area (Å²) >= 11 is 0. The van der Waals surface area contributed by atoms with Crippen molar-refractivity contribution < 1.29 is 9.84 Å². The molecule has 3 aromatic heterocycles. The highest BCUT2D eigenvalue weighted by Gasteiger charge is 2.26. The number of rotatable bonds is 8. The topological polar surface area (TPSA) is 113 Å². The number of nitrogens with one attached hydrogen (secondary N) is 1. The Morgan fingerprint density at radius 1 is 1.32 bits per heavy atom. The number of fused-ring (bicyclic) bond motifs is 1. The highest BCUT2D eigenvalue weighted by Crippen LogP contribution is 2.37. The van der Waals surface area contributed by atoms with E-state index in [9.17, 15) is 5.11 Å². The lowest BCUT2D eigenvalue weighted by Crippen LogP contribution is -2.23. The molecule has 9 heteroatoms. The number of aromatic nitrogens is 5. The third-order valence-electron chi connectivity index (χ3n) is 5.85. The largest absolute Gasteiger partial charge is 0.393 e. The summed E-state index contributed by atoms with van der Waals surface area (Å²) in [6, 6.07) is 4.42. The van der Waals surface area contributed by atoms with Gasteiger partial charge >= 0.3 is 0 Å². The third kappa shape index (κ3) is 4.70. The quantitative estimate of drug-likeness (QED) is 0.572. The van der Waals surface area contributed by atoms with Crippen molar-refractivity contribution in [1.82, 2.24) is 24.4 Å². The molecule has 164 valence electrons. The van der Waals surface area contributed by atoms with Crippen molar-refractivity contribution in [3.63, 3.8) is 0 Å². The predicted octanol–water partition coefficient (Wildman–Crippen LogP) is 2.97. The molecule has 31 heavy (non-hydrogen) atoms. The van der Waals surface area contributed by atoms with Gasteiger partial charge in [-0.2, -0.15) is 10.4 Å². The predicted molar refractivity (Wildman–Crippen MR) is 117 cm³/mol. The summed E-state index contributed by atoms with van der Waals surface area (Å²) in [5, 5.41) is 31.3. The van der Waals surface area contributed by atoms with Gasteiger partial charge < -0.3 is 15.2 Å². The van der Waals surface area contributed by atoms with Crippen LogP contribution in [0.2, 0.25) is 0 Å². The van der Waals surface area contributed by atoms with Gasteiger partial charge in [0.1, 0.15) is 0 Å². The Morgan fingerprint density at radius 3 is 2.87 bits per heavy atom. The van der Waals surface area contributed by atoms with Gasteiger partial charge in [-0.3, -0.25) is 4.68 Å². The molecule has 1 aliphatic carbocycles. The number of hydrogen-bond acceptors (Lipinski definition) is 7. The Balaban J connectivity index is 1.72. The standard InChI is InChI=1S/C22H29N7O2/c1-15(14-31-2)26-22-24-12-21-19(17-11-25-28(13-17)9-3-8-23)10-20(29(21)27-22)16-4-6-18(30)7-5-16/h10-13,15-16,18,30H,3-7,9,14H2,1-2H3,(H,26,27)/t15-,16-,18-/m0/s1. The maximum atomic E-state index is 9.95. The van der Waals surface area contributed by atoms with Crippen molar-refractivity contribution in [3.05, 3.63) is 30.4 Å². The molecule has 0 bridgehead atoms. The summed E-state index contributed by atoms with van der Waals surface area (Å²) in [4.78, 5) is 4.53. The van der Waals surface area contributed by atoms with Crippen LogP contribution in [0, 0.1) is 11.3 Å². The van der Waals surface area contributed by atoms with Crippen molar-refractivity contribution >= 4 is 11.5 Å². The van der Waals surface area contributed by atoms with Crippen LogP contribution in [0.5, 0.6) is 0 Å². The van der Waals surface area contributed by atoms with Gasteiger partial charge in [-0.05, 0) is 38.7 Å². The molecular formula is C22H29N7O2. The molecule has 0 radical (unpaired) electrons. The lowest BCUT2D eigenvalue weighted by Gasteiger charge is -2.25. The monoisotopic (exact) mass is 423 g/mol. The molecule has 0 spiro atoms. The molecule has 0 aromatic carbocycles. The van der Waals surface area contributed by atoms with E-state index >= 15 is 0 Å². The molecule has 1 fully saturated rings. The van der Waals surface area contributed by atoms with Gasteiger partial charge in [-0.1, -0.05) is 0 Å². The first-order valence-electron chi connectivity index (χ1n) is 10.8. The molecule has 9 nitrogen and oxygen atoms in total. The zero-order chi connectivity index (χ0) is 21.8. The minimum atomic E-state index is -0.206. The van der Waals surface area contributed by atoms with Crippen molar-refractivity contribution in [1.29, 1.82) is 5.26 Å². The van der Waals surface area contributed by atoms with Crippen molar-refractivity contribution in [3.8, 4) is 17.2 Å². The molecule has 1 atom stereocenters. The van der Waals surface area contributed by atoms with Gasteiger partial charge in [0.25, 0.3) is 0 Å². The highest BCUT2D eigenvalue weighted by atomic mass is 16.5. The van der Waals surface area contributed by atoms with E-state index in [1.807, 2.05) is 30.0 Å². The first-order chi connectivity index (χ1) is 15.1. The molecule has 0 saturated heterocycles. The molecule has 1 aliphatic rings. The Bertz CT molecular complexity index is 1060. The second-order valence-electron chi connectivity index (χ2n) is 8.27. The number of nitriles is 1. The third-order valence-corrected chi connectivity index (χ3v) is 5.85. The van der Waals surface area contributed by atoms with Crippen LogP contribution in [0.1, 0.15) is 50.6 Å². The number of anilines is 1. The first-order valence-corrected chi connectivity index (χ1v) is 10.8. The minimum absolute atomic E-state index is 0.0872. The maximum Gasteiger partial charge on any atom is 0.241 e. The fraction of sp³-hybridized carbons (Fsp3) is 0.545. The van der Waals surface area contributed by atoms with Gasteiger partial charge in [0.2, 0.25) is 5.95 Å². The summed E-state index contributed by atoms with van der Waals surface area (Å²) < 4.78 is 8.99. The molecule has 1 saturated carbocycles. The average molecular weight is 424 g/mol. The van der Waals surface area contributed by atoms with E-state index in [-0.39, 0.29) is 12.1 Å². The minimum Gasteiger partial charge on any atom is -0.393 e. The van der Waals surface area contributed by atoms with E-state index in [0.29, 0.717) is 31.4 Å². The SMILES string of the molecule is COC[C@H](C)Nc1ncc2c(-c3cnn(CCC#N)c3)cc([C@H]3CC[C@H](O)CC3)n2n1. The second kappa shape index (κ2) is 9.45. The fourth-order valence-electron chi connectivity index (χ4n) is 4.28. The first kappa shape index (κ1) is 21.3. The van der Waals surface area contributed by atoms with E-state index in [1.54, 1.807) is 11.8 Å². The Morgan fingerprint density at radius 2 is 2.13 bits per heavy atom. The van der Waals surface area contributed by atoms with Crippen molar-refractivity contribution in [2.75, 3.05) is 19.0 Å². The Labute approximate surface area is 181 Å². The number of aliphatic hydroxyl groups is 1. The number of methoxy groups -OCH3 is 1. The molecule has 3 aromatic rings. The van der Waals surface area contributed by atoms with Crippen LogP contribution in [-0.4, -0.2) is 55.3 Å². The lowest BCUT2D eigenvalue weighted by molar-refractivity contribution is 0.121. The van der Waals surface area contributed by atoms with E-state index in [4.69, 9.17) is 15.1 Å². The smallest absolute Gasteiger partial charge is 0.241 e. The Hall–Kier alpha value is -2.96. The molecule has 0 unspecified atom stereocenters. The van der Waals surface area contributed by atoms with Crippen LogP contribution < -0.4 is 5.32 Å². The molecule has 0 aliphatic heterocycles. The number of ether oxygens (including phenoxy) is 1. The zero-order valence-corrected chi connectivity index (χ0v) is 18.0. The number of aliphatic hydroxyl groups excluding tert-OH is 1. The van der Waals surface area contributed by atoms with Gasteiger partial charge in [-0.15, -0.1) is 5.10 Å². The van der Waals surface area contributed by atoms with Gasteiger partial charge in [0.15, 0.2) is 0 Å². The van der Waals surface area contributed by atoms with Crippen LogP contribution in [0.15, 0.2) is 24.7 Å². The second-order valence-corrected chi connectivity index (χ2v) is 8.27. The molecule has 3 heterocycles. The van der Waals surface area contributed by atoms with Crippen LogP contribution in [-0.2, 0) is 11.3 Å². The Kier molecular flexibility index (Phi) is 6.49. The van der Waals surface area contributed by atoms with Crippen LogP contribution in [0.4, 0.5) is 5.95 Å². The number of aryl methyl sites for hydroxylation is 1. The average Bonchev–Trinajstić information content (AvgIpc) is 3.37. The molecule has 2 N–H and O–H groups in total. The number of nitrogens with zero attached hydrogens (tertiary/aromatic N) is 6. The van der Waals surface area contributed by atoms with Crippen LogP contribution in [0.3, 0.4) is 0 Å². The van der Waals surface area contributed by atoms with Gasteiger partial charge in [0, 0.05) is 42.1 Å². The van der Waals surface area contributed by atoms with E-state index in [0.717, 1.165) is 48.0 Å². The maximum absolute atomic E-state index is 9.95. The van der Waals surface area contributed by atoms with E-state index in [1.165, 1.54) is 0 Å². The number of hydrogen-bond donors (Lipinski definition) is 2. The van der Waals surface area contributed by atoms with Crippen LogP contribution >= 0.6 is 0 Å².